The number of aromatic nitrogens is 3. The lowest BCUT2D eigenvalue weighted by atomic mass is 9.94. The number of para-hydroxylation sites is 1. The number of nitrogens with one attached hydrogen (secondary N) is 2. The highest BCUT2D eigenvalue weighted by atomic mass is 32.2. The number of anilines is 5. The highest BCUT2D eigenvalue weighted by Crippen LogP contribution is 2.36. The third-order valence-electron chi connectivity index (χ3n) is 7.53. The van der Waals surface area contributed by atoms with Crippen molar-refractivity contribution in [3.05, 3.63) is 76.2 Å². The van der Waals surface area contributed by atoms with Crippen molar-refractivity contribution >= 4 is 49.8 Å². The lowest BCUT2D eigenvalue weighted by Gasteiger charge is -2.37. The number of aryl methyl sites for hydroxylation is 2. The number of rotatable bonds is 6. The fourth-order valence-corrected chi connectivity index (χ4v) is 6.33. The molecule has 2 aromatic carbocycles. The van der Waals surface area contributed by atoms with Gasteiger partial charge in [-0.3, -0.25) is 9.36 Å². The summed E-state index contributed by atoms with van der Waals surface area (Å²) in [5, 5.41) is 7.46. The largest absolute Gasteiger partial charge is 0.381 e. The van der Waals surface area contributed by atoms with Crippen molar-refractivity contribution in [3.63, 3.8) is 0 Å². The fraction of sp³-hybridized carbons (Fsp3) is 0.321. The van der Waals surface area contributed by atoms with Crippen LogP contribution in [0.4, 0.5) is 28.7 Å². The molecule has 11 heteroatoms. The Labute approximate surface area is 227 Å². The van der Waals surface area contributed by atoms with E-state index in [2.05, 4.69) is 38.5 Å². The van der Waals surface area contributed by atoms with E-state index in [1.54, 1.807) is 17.8 Å². The average molecular weight is 546 g/mol. The predicted octanol–water partition coefficient (Wildman–Crippen LogP) is 3.38. The number of hydrogen-bond donors (Lipinski definition) is 2. The number of nitrogens with zero attached hydrogens (tertiary/aromatic N) is 5. The molecular formula is C28H31N7O3S. The van der Waals surface area contributed by atoms with Gasteiger partial charge in [-0.25, -0.2) is 17.7 Å². The molecule has 1 saturated heterocycles. The summed E-state index contributed by atoms with van der Waals surface area (Å²) in [7, 11) is -1.35. The second-order valence-corrected chi connectivity index (χ2v) is 12.4. The maximum atomic E-state index is 13.5. The topological polar surface area (TPSA) is 112 Å². The normalized spacial score (nSPS) is 16.0. The van der Waals surface area contributed by atoms with Gasteiger partial charge in [-0.1, -0.05) is 24.3 Å². The van der Waals surface area contributed by atoms with Gasteiger partial charge in [0.25, 0.3) is 5.56 Å². The van der Waals surface area contributed by atoms with Crippen molar-refractivity contribution < 1.29 is 8.42 Å². The fourth-order valence-electron chi connectivity index (χ4n) is 5.36. The molecule has 202 valence electrons. The lowest BCUT2D eigenvalue weighted by molar-refractivity contribution is 0.201. The van der Waals surface area contributed by atoms with Crippen LogP contribution in [-0.4, -0.2) is 59.7 Å². The average Bonchev–Trinajstić information content (AvgIpc) is 2.88. The van der Waals surface area contributed by atoms with Gasteiger partial charge in [0.15, 0.2) is 0 Å². The van der Waals surface area contributed by atoms with Gasteiger partial charge in [-0.2, -0.15) is 4.98 Å². The molecule has 4 heterocycles. The van der Waals surface area contributed by atoms with Crippen LogP contribution in [0.5, 0.6) is 0 Å². The third kappa shape index (κ3) is 4.83. The Morgan fingerprint density at radius 1 is 1.10 bits per heavy atom. The van der Waals surface area contributed by atoms with Gasteiger partial charge >= 0.3 is 0 Å². The second-order valence-electron chi connectivity index (χ2n) is 10.4. The molecule has 10 nitrogen and oxygen atoms in total. The quantitative estimate of drug-likeness (QED) is 0.379. The highest BCUT2D eigenvalue weighted by Gasteiger charge is 2.32. The Hall–Kier alpha value is -3.96. The van der Waals surface area contributed by atoms with Crippen molar-refractivity contribution in [1.82, 2.24) is 18.8 Å². The Bertz CT molecular complexity index is 1730. The van der Waals surface area contributed by atoms with Crippen LogP contribution in [0.25, 0.3) is 11.0 Å². The Balaban J connectivity index is 1.20. The molecule has 2 N–H and O–H groups in total. The summed E-state index contributed by atoms with van der Waals surface area (Å²) in [5.74, 6) is 0.746. The van der Waals surface area contributed by atoms with E-state index in [1.807, 2.05) is 42.5 Å². The first-order valence-electron chi connectivity index (χ1n) is 13.0. The van der Waals surface area contributed by atoms with Crippen LogP contribution >= 0.6 is 0 Å². The standard InChI is InChI=1S/C28H31N7O3S/c1-18-5-4-6-23-25(18)29-11-12-35(23)24-14-21-15-30-28(32-26(21)33(2)27(24)36)31-22-9-7-19(8-10-22)13-20-16-34(17-20)39(3,37)38/h4-10,14-15,20,29H,11-13,16-17H2,1-3H3,(H,30,31,32). The zero-order valence-electron chi connectivity index (χ0n) is 22.2. The van der Waals surface area contributed by atoms with E-state index in [9.17, 15) is 13.2 Å². The number of sulfonamides is 1. The van der Waals surface area contributed by atoms with Gasteiger partial charge in [-0.15, -0.1) is 0 Å². The molecule has 1 fully saturated rings. The smallest absolute Gasteiger partial charge is 0.275 e. The first kappa shape index (κ1) is 25.3. The molecule has 0 unspecified atom stereocenters. The van der Waals surface area contributed by atoms with Crippen LogP contribution in [0.15, 0.2) is 59.5 Å². The summed E-state index contributed by atoms with van der Waals surface area (Å²) in [6.45, 7) is 4.64. The van der Waals surface area contributed by atoms with Crippen molar-refractivity contribution in [2.45, 2.75) is 13.3 Å². The summed E-state index contributed by atoms with van der Waals surface area (Å²) >= 11 is 0. The van der Waals surface area contributed by atoms with E-state index in [0.717, 1.165) is 46.5 Å². The number of fused-ring (bicyclic) bond motifs is 2. The minimum Gasteiger partial charge on any atom is -0.381 e. The van der Waals surface area contributed by atoms with E-state index < -0.39 is 10.0 Å². The molecule has 6 rings (SSSR count). The number of pyridine rings is 1. The molecule has 0 saturated carbocycles. The molecule has 2 aromatic heterocycles. The summed E-state index contributed by atoms with van der Waals surface area (Å²) < 4.78 is 26.2. The van der Waals surface area contributed by atoms with E-state index in [-0.39, 0.29) is 5.56 Å². The third-order valence-corrected chi connectivity index (χ3v) is 8.76. The number of hydrogen-bond acceptors (Lipinski definition) is 8. The Kier molecular flexibility index (Phi) is 6.27. The molecule has 4 aromatic rings. The van der Waals surface area contributed by atoms with Crippen LogP contribution in [0.2, 0.25) is 0 Å². The van der Waals surface area contributed by atoms with Gasteiger partial charge in [-0.05, 0) is 54.7 Å². The molecule has 0 amide bonds. The van der Waals surface area contributed by atoms with Gasteiger partial charge in [0.05, 0.1) is 17.6 Å². The summed E-state index contributed by atoms with van der Waals surface area (Å²) in [5.41, 5.74) is 6.21. The number of benzene rings is 2. The van der Waals surface area contributed by atoms with Gasteiger partial charge in [0.2, 0.25) is 16.0 Å². The van der Waals surface area contributed by atoms with Crippen LogP contribution in [0, 0.1) is 12.8 Å². The highest BCUT2D eigenvalue weighted by molar-refractivity contribution is 7.88. The van der Waals surface area contributed by atoms with Crippen molar-refractivity contribution in [2.24, 2.45) is 13.0 Å². The Morgan fingerprint density at radius 3 is 2.62 bits per heavy atom. The zero-order valence-corrected chi connectivity index (χ0v) is 23.0. The maximum absolute atomic E-state index is 13.5. The van der Waals surface area contributed by atoms with Crippen LogP contribution in [-0.2, 0) is 23.5 Å². The summed E-state index contributed by atoms with van der Waals surface area (Å²) in [4.78, 5) is 24.7. The first-order chi connectivity index (χ1) is 18.7. The van der Waals surface area contributed by atoms with Gasteiger partial charge in [0.1, 0.15) is 11.3 Å². The van der Waals surface area contributed by atoms with Crippen molar-refractivity contribution in [2.75, 3.05) is 48.0 Å². The SMILES string of the molecule is Cc1cccc2c1NCCN2c1cc2cnc(Nc3ccc(CC4CN(S(C)(=O)=O)C4)cc3)nc2n(C)c1=O. The predicted molar refractivity (Wildman–Crippen MR) is 155 cm³/mol. The van der Waals surface area contributed by atoms with Gasteiger partial charge < -0.3 is 15.5 Å². The zero-order chi connectivity index (χ0) is 27.3. The molecule has 2 aliphatic heterocycles. The molecule has 2 aliphatic rings. The van der Waals surface area contributed by atoms with Crippen molar-refractivity contribution in [3.8, 4) is 0 Å². The van der Waals surface area contributed by atoms with E-state index in [0.29, 0.717) is 42.8 Å². The van der Waals surface area contributed by atoms with E-state index in [4.69, 9.17) is 0 Å². The summed E-state index contributed by atoms with van der Waals surface area (Å²) in [6.07, 6.45) is 3.83. The lowest BCUT2D eigenvalue weighted by Crippen LogP contribution is -2.50. The monoisotopic (exact) mass is 545 g/mol. The molecule has 0 aliphatic carbocycles. The van der Waals surface area contributed by atoms with E-state index >= 15 is 0 Å². The minimum atomic E-state index is -3.09. The van der Waals surface area contributed by atoms with Crippen LogP contribution in [0.3, 0.4) is 0 Å². The molecular weight excluding hydrogens is 514 g/mol. The van der Waals surface area contributed by atoms with Crippen LogP contribution in [0.1, 0.15) is 11.1 Å². The molecule has 0 bridgehead atoms. The second kappa shape index (κ2) is 9.65. The molecule has 0 radical (unpaired) electrons. The first-order valence-corrected chi connectivity index (χ1v) is 14.8. The summed E-state index contributed by atoms with van der Waals surface area (Å²) in [6, 6.07) is 16.0. The molecule has 0 spiro atoms. The Morgan fingerprint density at radius 2 is 1.87 bits per heavy atom. The molecule has 39 heavy (non-hydrogen) atoms. The molecule has 0 atom stereocenters. The minimum absolute atomic E-state index is 0.115. The maximum Gasteiger partial charge on any atom is 0.275 e. The van der Waals surface area contributed by atoms with Gasteiger partial charge in [0, 0.05) is 50.5 Å². The van der Waals surface area contributed by atoms with Crippen molar-refractivity contribution in [1.29, 1.82) is 0 Å². The van der Waals surface area contributed by atoms with Crippen LogP contribution < -0.4 is 21.1 Å². The van der Waals surface area contributed by atoms with E-state index in [1.165, 1.54) is 10.6 Å².